The van der Waals surface area contributed by atoms with Crippen LogP contribution < -0.4 is 11.1 Å². The lowest BCUT2D eigenvalue weighted by Gasteiger charge is -2.28. The van der Waals surface area contributed by atoms with Crippen LogP contribution in [0.2, 0.25) is 0 Å². The van der Waals surface area contributed by atoms with Gasteiger partial charge in [0.05, 0.1) is 6.54 Å². The molecule has 0 bridgehead atoms. The highest BCUT2D eigenvalue weighted by Gasteiger charge is 2.26. The average molecular weight is 296 g/mol. The van der Waals surface area contributed by atoms with Gasteiger partial charge in [-0.25, -0.2) is 9.59 Å². The summed E-state index contributed by atoms with van der Waals surface area (Å²) in [6, 6.07) is -1.66. The van der Waals surface area contributed by atoms with E-state index in [-0.39, 0.29) is 19.4 Å². The van der Waals surface area contributed by atoms with Crippen molar-refractivity contribution in [2.45, 2.75) is 32.0 Å². The minimum Gasteiger partial charge on any atom is -0.480 e. The zero-order chi connectivity index (χ0) is 15.4. The number of carboxylic acid groups (broad SMARTS) is 1. The summed E-state index contributed by atoms with van der Waals surface area (Å²) in [6.07, 6.45) is 1.43. The standard InChI is InChI=1S/C11H16N6O4/c12-8(18)2-1-7(10(19)20)14-11(21)16-3-4-17-6-13-15-9(17)5-16/h6-7H,1-5H2,(H2,12,18)(H,14,21)(H,19,20)/t7-/m1/s1. The molecule has 0 fully saturated rings. The van der Waals surface area contributed by atoms with Crippen molar-refractivity contribution in [2.24, 2.45) is 5.73 Å². The van der Waals surface area contributed by atoms with Crippen LogP contribution in [0.25, 0.3) is 0 Å². The van der Waals surface area contributed by atoms with Crippen molar-refractivity contribution >= 4 is 17.9 Å². The number of fused-ring (bicyclic) bond motifs is 1. The Bertz CT molecular complexity index is 557. The minimum atomic E-state index is -1.20. The zero-order valence-electron chi connectivity index (χ0n) is 11.2. The molecule has 0 aromatic carbocycles. The normalized spacial score (nSPS) is 15.1. The SMILES string of the molecule is NC(=O)CC[C@@H](NC(=O)N1CCn2cnnc2C1)C(=O)O. The van der Waals surface area contributed by atoms with Gasteiger partial charge >= 0.3 is 12.0 Å². The molecule has 3 amide bonds. The summed E-state index contributed by atoms with van der Waals surface area (Å²) < 4.78 is 1.82. The first kappa shape index (κ1) is 14.8. The molecule has 10 heteroatoms. The van der Waals surface area contributed by atoms with Gasteiger partial charge in [0, 0.05) is 19.5 Å². The Morgan fingerprint density at radius 2 is 2.19 bits per heavy atom. The summed E-state index contributed by atoms with van der Waals surface area (Å²) in [5, 5.41) is 19.1. The first-order valence-corrected chi connectivity index (χ1v) is 6.40. The predicted molar refractivity (Wildman–Crippen MR) is 68.8 cm³/mol. The maximum absolute atomic E-state index is 12.1. The van der Waals surface area contributed by atoms with Gasteiger partial charge in [0.15, 0.2) is 5.82 Å². The molecule has 114 valence electrons. The summed E-state index contributed by atoms with van der Waals surface area (Å²) in [5.74, 6) is -1.17. The molecular weight excluding hydrogens is 280 g/mol. The molecule has 0 radical (unpaired) electrons. The molecule has 0 aliphatic carbocycles. The lowest BCUT2D eigenvalue weighted by molar-refractivity contribution is -0.139. The van der Waals surface area contributed by atoms with Crippen LogP contribution in [0, 0.1) is 0 Å². The minimum absolute atomic E-state index is 0.0412. The second-order valence-electron chi connectivity index (χ2n) is 4.71. The number of carboxylic acids is 1. The van der Waals surface area contributed by atoms with Crippen molar-refractivity contribution in [2.75, 3.05) is 6.54 Å². The molecule has 0 spiro atoms. The van der Waals surface area contributed by atoms with E-state index < -0.39 is 23.9 Å². The fourth-order valence-electron chi connectivity index (χ4n) is 2.02. The van der Waals surface area contributed by atoms with E-state index in [9.17, 15) is 14.4 Å². The summed E-state index contributed by atoms with van der Waals surface area (Å²) in [5.41, 5.74) is 4.98. The number of nitrogens with zero attached hydrogens (tertiary/aromatic N) is 4. The largest absolute Gasteiger partial charge is 0.480 e. The van der Waals surface area contributed by atoms with E-state index in [0.717, 1.165) is 0 Å². The number of amides is 3. The van der Waals surface area contributed by atoms with Gasteiger partial charge in [-0.05, 0) is 6.42 Å². The van der Waals surface area contributed by atoms with Crippen LogP contribution >= 0.6 is 0 Å². The first-order chi connectivity index (χ1) is 9.97. The third-order valence-corrected chi connectivity index (χ3v) is 3.20. The molecule has 1 aliphatic heterocycles. The van der Waals surface area contributed by atoms with Gasteiger partial charge in [-0.15, -0.1) is 10.2 Å². The monoisotopic (exact) mass is 296 g/mol. The van der Waals surface area contributed by atoms with Gasteiger partial charge in [-0.2, -0.15) is 0 Å². The van der Waals surface area contributed by atoms with Gasteiger partial charge in [-0.3, -0.25) is 4.79 Å². The first-order valence-electron chi connectivity index (χ1n) is 6.40. The van der Waals surface area contributed by atoms with E-state index in [4.69, 9.17) is 10.8 Å². The van der Waals surface area contributed by atoms with Crippen molar-refractivity contribution in [1.82, 2.24) is 25.0 Å². The van der Waals surface area contributed by atoms with E-state index in [0.29, 0.717) is 18.9 Å². The number of hydrogen-bond donors (Lipinski definition) is 3. The van der Waals surface area contributed by atoms with Crippen LogP contribution in [0.4, 0.5) is 4.79 Å². The van der Waals surface area contributed by atoms with Crippen LogP contribution in [0.3, 0.4) is 0 Å². The number of aliphatic carboxylic acids is 1. The molecule has 10 nitrogen and oxygen atoms in total. The molecule has 2 rings (SSSR count). The Labute approximate surface area is 119 Å². The second-order valence-corrected chi connectivity index (χ2v) is 4.71. The van der Waals surface area contributed by atoms with Gasteiger partial charge in [0.25, 0.3) is 0 Å². The van der Waals surface area contributed by atoms with Gasteiger partial charge in [-0.1, -0.05) is 0 Å². The van der Waals surface area contributed by atoms with Crippen molar-refractivity contribution in [3.63, 3.8) is 0 Å². The Balaban J connectivity index is 1.93. The number of rotatable bonds is 5. The highest BCUT2D eigenvalue weighted by Crippen LogP contribution is 2.09. The van der Waals surface area contributed by atoms with Crippen LogP contribution in [-0.4, -0.2) is 55.3 Å². The highest BCUT2D eigenvalue weighted by atomic mass is 16.4. The number of nitrogens with one attached hydrogen (secondary N) is 1. The van der Waals surface area contributed by atoms with Gasteiger partial charge < -0.3 is 25.6 Å². The predicted octanol–water partition coefficient (Wildman–Crippen LogP) is -1.48. The summed E-state index contributed by atoms with van der Waals surface area (Å²) >= 11 is 0. The topological polar surface area (TPSA) is 143 Å². The number of carbonyl (C=O) groups is 3. The third kappa shape index (κ3) is 3.68. The molecular formula is C11H16N6O4. The summed E-state index contributed by atoms with van der Waals surface area (Å²) in [4.78, 5) is 35.3. The molecule has 2 heterocycles. The van der Waals surface area contributed by atoms with Gasteiger partial charge in [0.2, 0.25) is 5.91 Å². The van der Waals surface area contributed by atoms with E-state index in [1.54, 1.807) is 6.33 Å². The van der Waals surface area contributed by atoms with Crippen LogP contribution in [0.1, 0.15) is 18.7 Å². The molecule has 1 atom stereocenters. The Morgan fingerprint density at radius 3 is 2.86 bits per heavy atom. The van der Waals surface area contributed by atoms with Crippen molar-refractivity contribution in [1.29, 1.82) is 0 Å². The summed E-state index contributed by atoms with van der Waals surface area (Å²) in [7, 11) is 0. The zero-order valence-corrected chi connectivity index (χ0v) is 11.2. The second kappa shape index (κ2) is 6.20. The molecule has 21 heavy (non-hydrogen) atoms. The molecule has 1 aromatic rings. The molecule has 0 saturated heterocycles. The fraction of sp³-hybridized carbons (Fsp3) is 0.545. The smallest absolute Gasteiger partial charge is 0.326 e. The fourth-order valence-corrected chi connectivity index (χ4v) is 2.02. The lowest BCUT2D eigenvalue weighted by atomic mass is 10.1. The van der Waals surface area contributed by atoms with E-state index in [1.807, 2.05) is 4.57 Å². The number of nitrogens with two attached hydrogens (primary N) is 1. The maximum atomic E-state index is 12.1. The van der Waals surface area contributed by atoms with Crippen molar-refractivity contribution in [3.05, 3.63) is 12.2 Å². The number of carbonyl (C=O) groups excluding carboxylic acids is 2. The van der Waals surface area contributed by atoms with Crippen LogP contribution in [0.15, 0.2) is 6.33 Å². The Morgan fingerprint density at radius 1 is 1.43 bits per heavy atom. The average Bonchev–Trinajstić information content (AvgIpc) is 2.89. The Hall–Kier alpha value is -2.65. The summed E-state index contributed by atoms with van der Waals surface area (Å²) in [6.45, 7) is 1.24. The number of primary amides is 1. The lowest BCUT2D eigenvalue weighted by Crippen LogP contribution is -2.50. The molecule has 1 aliphatic rings. The third-order valence-electron chi connectivity index (χ3n) is 3.20. The quantitative estimate of drug-likeness (QED) is 0.604. The number of aromatic nitrogens is 3. The number of hydrogen-bond acceptors (Lipinski definition) is 5. The van der Waals surface area contributed by atoms with Gasteiger partial charge in [0.1, 0.15) is 12.4 Å². The Kier molecular flexibility index (Phi) is 4.36. The van der Waals surface area contributed by atoms with Crippen molar-refractivity contribution in [3.8, 4) is 0 Å². The maximum Gasteiger partial charge on any atom is 0.326 e. The molecule has 1 aromatic heterocycles. The van der Waals surface area contributed by atoms with E-state index in [2.05, 4.69) is 15.5 Å². The highest BCUT2D eigenvalue weighted by molar-refractivity contribution is 5.83. The molecule has 0 unspecified atom stereocenters. The van der Waals surface area contributed by atoms with Crippen molar-refractivity contribution < 1.29 is 19.5 Å². The number of urea groups is 1. The molecule has 4 N–H and O–H groups in total. The van der Waals surface area contributed by atoms with E-state index >= 15 is 0 Å². The van der Waals surface area contributed by atoms with Crippen LogP contribution in [-0.2, 0) is 22.7 Å². The van der Waals surface area contributed by atoms with Crippen LogP contribution in [0.5, 0.6) is 0 Å². The van der Waals surface area contributed by atoms with E-state index in [1.165, 1.54) is 4.90 Å². The molecule has 0 saturated carbocycles.